The standard InChI is InChI=1S/C21H16N2O2S/c24-26(25,23-19-14-18-8-4-5-9-21(18)22-15-19)20-12-10-17(11-13-20)16-6-2-1-3-7-16/h1-15,23H. The van der Waals surface area contributed by atoms with Gasteiger partial charge in [0.25, 0.3) is 10.0 Å². The van der Waals surface area contributed by atoms with E-state index in [1.165, 1.54) is 6.20 Å². The van der Waals surface area contributed by atoms with Gasteiger partial charge in [-0.15, -0.1) is 0 Å². The Morgan fingerprint density at radius 2 is 1.38 bits per heavy atom. The molecule has 0 spiro atoms. The quantitative estimate of drug-likeness (QED) is 0.574. The number of benzene rings is 3. The fraction of sp³-hybridized carbons (Fsp3) is 0. The summed E-state index contributed by atoms with van der Waals surface area (Å²) >= 11 is 0. The molecule has 0 unspecified atom stereocenters. The first kappa shape index (κ1) is 16.3. The first-order valence-corrected chi connectivity index (χ1v) is 9.63. The molecule has 0 aliphatic rings. The highest BCUT2D eigenvalue weighted by Gasteiger charge is 2.14. The number of aromatic nitrogens is 1. The number of nitrogens with zero attached hydrogens (tertiary/aromatic N) is 1. The van der Waals surface area contributed by atoms with Gasteiger partial charge in [-0.2, -0.15) is 0 Å². The maximum Gasteiger partial charge on any atom is 0.261 e. The molecule has 3 aromatic carbocycles. The first-order chi connectivity index (χ1) is 12.6. The molecule has 0 aliphatic heterocycles. The monoisotopic (exact) mass is 360 g/mol. The van der Waals surface area contributed by atoms with Crippen LogP contribution in [-0.2, 0) is 10.0 Å². The third-order valence-corrected chi connectivity index (χ3v) is 5.51. The molecule has 0 radical (unpaired) electrons. The van der Waals surface area contributed by atoms with E-state index in [2.05, 4.69) is 9.71 Å². The summed E-state index contributed by atoms with van der Waals surface area (Å²) in [5.41, 5.74) is 3.28. The van der Waals surface area contributed by atoms with Crippen molar-refractivity contribution in [3.05, 3.63) is 91.1 Å². The van der Waals surface area contributed by atoms with Crippen LogP contribution in [0.25, 0.3) is 22.0 Å². The molecule has 1 N–H and O–H groups in total. The molecule has 4 aromatic rings. The second kappa shape index (κ2) is 6.61. The van der Waals surface area contributed by atoms with Crippen LogP contribution in [0.3, 0.4) is 0 Å². The van der Waals surface area contributed by atoms with E-state index in [1.807, 2.05) is 66.7 Å². The highest BCUT2D eigenvalue weighted by molar-refractivity contribution is 7.92. The molecular weight excluding hydrogens is 344 g/mol. The van der Waals surface area contributed by atoms with Crippen molar-refractivity contribution in [3.63, 3.8) is 0 Å². The lowest BCUT2D eigenvalue weighted by Crippen LogP contribution is -2.13. The summed E-state index contributed by atoms with van der Waals surface area (Å²) in [6, 6.07) is 26.0. The SMILES string of the molecule is O=S(=O)(Nc1cnc2ccccc2c1)c1ccc(-c2ccccc2)cc1. The minimum absolute atomic E-state index is 0.213. The molecule has 26 heavy (non-hydrogen) atoms. The summed E-state index contributed by atoms with van der Waals surface area (Å²) in [5, 5.41) is 0.882. The highest BCUT2D eigenvalue weighted by Crippen LogP contribution is 2.23. The maximum absolute atomic E-state index is 12.6. The molecule has 4 rings (SSSR count). The molecule has 4 nitrogen and oxygen atoms in total. The van der Waals surface area contributed by atoms with Crippen molar-refractivity contribution in [2.75, 3.05) is 4.72 Å². The van der Waals surface area contributed by atoms with Crippen molar-refractivity contribution < 1.29 is 8.42 Å². The Morgan fingerprint density at radius 3 is 2.15 bits per heavy atom. The Morgan fingerprint density at radius 1 is 0.731 bits per heavy atom. The number of sulfonamides is 1. The van der Waals surface area contributed by atoms with Gasteiger partial charge in [0.05, 0.1) is 22.3 Å². The molecule has 0 bridgehead atoms. The fourth-order valence-corrected chi connectivity index (χ4v) is 3.83. The topological polar surface area (TPSA) is 59.1 Å². The Kier molecular flexibility index (Phi) is 4.14. The highest BCUT2D eigenvalue weighted by atomic mass is 32.2. The van der Waals surface area contributed by atoms with Crippen molar-refractivity contribution >= 4 is 26.6 Å². The molecule has 0 amide bonds. The summed E-state index contributed by atoms with van der Waals surface area (Å²) in [5.74, 6) is 0. The van der Waals surface area contributed by atoms with Crippen molar-refractivity contribution in [2.24, 2.45) is 0 Å². The van der Waals surface area contributed by atoms with E-state index < -0.39 is 10.0 Å². The third-order valence-electron chi connectivity index (χ3n) is 4.11. The lowest BCUT2D eigenvalue weighted by atomic mass is 10.1. The first-order valence-electron chi connectivity index (χ1n) is 8.15. The zero-order valence-corrected chi connectivity index (χ0v) is 14.6. The zero-order valence-electron chi connectivity index (χ0n) is 13.8. The molecule has 1 heterocycles. The molecule has 128 valence electrons. The van der Waals surface area contributed by atoms with Crippen LogP contribution in [-0.4, -0.2) is 13.4 Å². The van der Waals surface area contributed by atoms with E-state index in [4.69, 9.17) is 0 Å². The van der Waals surface area contributed by atoms with Gasteiger partial charge in [0.15, 0.2) is 0 Å². The van der Waals surface area contributed by atoms with Crippen molar-refractivity contribution in [3.8, 4) is 11.1 Å². The zero-order chi connectivity index (χ0) is 18.0. The van der Waals surface area contributed by atoms with Gasteiger partial charge in [-0.1, -0.05) is 60.7 Å². The second-order valence-corrected chi connectivity index (χ2v) is 7.59. The van der Waals surface area contributed by atoms with E-state index in [9.17, 15) is 8.42 Å². The van der Waals surface area contributed by atoms with Crippen LogP contribution >= 0.6 is 0 Å². The van der Waals surface area contributed by atoms with E-state index in [-0.39, 0.29) is 4.90 Å². The Bertz CT molecular complexity index is 1160. The van der Waals surface area contributed by atoms with E-state index in [0.29, 0.717) is 5.69 Å². The van der Waals surface area contributed by atoms with Gasteiger partial charge >= 0.3 is 0 Å². The third kappa shape index (κ3) is 3.30. The number of hydrogen-bond acceptors (Lipinski definition) is 3. The number of nitrogens with one attached hydrogen (secondary N) is 1. The number of para-hydroxylation sites is 1. The van der Waals surface area contributed by atoms with E-state index in [1.54, 1.807) is 18.2 Å². The minimum Gasteiger partial charge on any atom is -0.278 e. The van der Waals surface area contributed by atoms with Crippen LogP contribution < -0.4 is 4.72 Å². The van der Waals surface area contributed by atoms with Crippen LogP contribution in [0.2, 0.25) is 0 Å². The normalized spacial score (nSPS) is 11.4. The van der Waals surface area contributed by atoms with Crippen LogP contribution in [0, 0.1) is 0 Å². The summed E-state index contributed by atoms with van der Waals surface area (Å²) in [4.78, 5) is 4.50. The van der Waals surface area contributed by atoms with Gasteiger partial charge in [-0.25, -0.2) is 8.42 Å². The van der Waals surface area contributed by atoms with E-state index >= 15 is 0 Å². The van der Waals surface area contributed by atoms with Crippen LogP contribution in [0.15, 0.2) is 96.0 Å². The van der Waals surface area contributed by atoms with Gasteiger partial charge in [-0.3, -0.25) is 9.71 Å². The lowest BCUT2D eigenvalue weighted by Gasteiger charge is -2.09. The predicted molar refractivity (Wildman–Crippen MR) is 104 cm³/mol. The van der Waals surface area contributed by atoms with Crippen LogP contribution in [0.5, 0.6) is 0 Å². The number of rotatable bonds is 4. The Balaban J connectivity index is 1.61. The van der Waals surface area contributed by atoms with Gasteiger partial charge in [0.1, 0.15) is 0 Å². The van der Waals surface area contributed by atoms with Crippen molar-refractivity contribution in [1.82, 2.24) is 4.98 Å². The number of anilines is 1. The Labute approximate surface area is 152 Å². The minimum atomic E-state index is -3.67. The predicted octanol–water partition coefficient (Wildman–Crippen LogP) is 4.70. The number of fused-ring (bicyclic) bond motifs is 1. The maximum atomic E-state index is 12.6. The van der Waals surface area contributed by atoms with Gasteiger partial charge in [-0.05, 0) is 35.4 Å². The molecule has 0 saturated heterocycles. The average molecular weight is 360 g/mol. The van der Waals surface area contributed by atoms with Gasteiger partial charge in [0.2, 0.25) is 0 Å². The fourth-order valence-electron chi connectivity index (χ4n) is 2.80. The number of pyridine rings is 1. The molecule has 1 aromatic heterocycles. The Hall–Kier alpha value is -3.18. The smallest absolute Gasteiger partial charge is 0.261 e. The summed E-state index contributed by atoms with van der Waals surface area (Å²) in [6.07, 6.45) is 1.53. The molecule has 0 aliphatic carbocycles. The lowest BCUT2D eigenvalue weighted by molar-refractivity contribution is 0.601. The average Bonchev–Trinajstić information content (AvgIpc) is 2.68. The molecular formula is C21H16N2O2S. The van der Waals surface area contributed by atoms with Crippen molar-refractivity contribution in [1.29, 1.82) is 0 Å². The van der Waals surface area contributed by atoms with E-state index in [0.717, 1.165) is 22.0 Å². The molecule has 0 atom stereocenters. The number of hydrogen-bond donors (Lipinski definition) is 1. The summed E-state index contributed by atoms with van der Waals surface area (Å²) in [7, 11) is -3.67. The van der Waals surface area contributed by atoms with Gasteiger partial charge < -0.3 is 0 Å². The summed E-state index contributed by atoms with van der Waals surface area (Å²) < 4.78 is 27.9. The van der Waals surface area contributed by atoms with Crippen molar-refractivity contribution in [2.45, 2.75) is 4.90 Å². The largest absolute Gasteiger partial charge is 0.278 e. The second-order valence-electron chi connectivity index (χ2n) is 5.91. The van der Waals surface area contributed by atoms with Crippen LogP contribution in [0.1, 0.15) is 0 Å². The summed E-state index contributed by atoms with van der Waals surface area (Å²) in [6.45, 7) is 0. The molecule has 5 heteroatoms. The molecule has 0 saturated carbocycles. The molecule has 0 fully saturated rings. The van der Waals surface area contributed by atoms with Gasteiger partial charge in [0, 0.05) is 5.39 Å². The van der Waals surface area contributed by atoms with Crippen LogP contribution in [0.4, 0.5) is 5.69 Å².